The monoisotopic (exact) mass is 338 g/mol. The summed E-state index contributed by atoms with van der Waals surface area (Å²) in [5.41, 5.74) is 0.825. The maximum atomic E-state index is 12.2. The molecule has 0 spiro atoms. The first-order valence-corrected chi connectivity index (χ1v) is 9.04. The van der Waals surface area contributed by atoms with Crippen molar-refractivity contribution in [1.82, 2.24) is 4.90 Å². The highest BCUT2D eigenvalue weighted by atomic mass is 32.2. The maximum absolute atomic E-state index is 12.2. The molecule has 0 atom stereocenters. The largest absolute Gasteiger partial charge is 0.450 e. The molecule has 23 heavy (non-hydrogen) atoms. The molecule has 0 aromatic heterocycles. The first kappa shape index (κ1) is 17.6. The highest BCUT2D eigenvalue weighted by Gasteiger charge is 2.25. The lowest BCUT2D eigenvalue weighted by Gasteiger charge is -2.31. The van der Waals surface area contributed by atoms with E-state index in [2.05, 4.69) is 5.32 Å². The Morgan fingerprint density at radius 3 is 2.74 bits per heavy atom. The van der Waals surface area contributed by atoms with Crippen LogP contribution in [-0.4, -0.2) is 62.5 Å². The molecule has 1 aliphatic heterocycles. The number of nitrogens with one attached hydrogen (secondary N) is 2. The van der Waals surface area contributed by atoms with Crippen LogP contribution in [0.3, 0.4) is 0 Å². The minimum absolute atomic E-state index is 0.00263. The van der Waals surface area contributed by atoms with E-state index in [0.29, 0.717) is 26.2 Å². The van der Waals surface area contributed by atoms with E-state index in [1.807, 2.05) is 30.5 Å². The van der Waals surface area contributed by atoms with Gasteiger partial charge in [-0.2, -0.15) is 0 Å². The quantitative estimate of drug-likeness (QED) is 0.776. The topological polar surface area (TPSA) is 63.1 Å². The fourth-order valence-corrected chi connectivity index (χ4v) is 2.99. The second kappa shape index (κ2) is 8.79. The third-order valence-corrected chi connectivity index (χ3v) is 4.49. The Morgan fingerprint density at radius 1 is 1.35 bits per heavy atom. The summed E-state index contributed by atoms with van der Waals surface area (Å²) in [5.74, 6) is 0.00263. The zero-order valence-corrected chi connectivity index (χ0v) is 14.4. The number of rotatable bonds is 5. The molecule has 1 aliphatic rings. The molecule has 0 saturated carbocycles. The van der Waals surface area contributed by atoms with E-state index >= 15 is 0 Å². The fraction of sp³-hybridized carbons (Fsp3) is 0.500. The highest BCUT2D eigenvalue weighted by molar-refractivity contribution is 7.98. The van der Waals surface area contributed by atoms with Crippen molar-refractivity contribution < 1.29 is 19.2 Å². The summed E-state index contributed by atoms with van der Waals surface area (Å²) < 4.78 is 4.99. The van der Waals surface area contributed by atoms with Gasteiger partial charge in [0.15, 0.2) is 6.54 Å². The van der Waals surface area contributed by atoms with Crippen molar-refractivity contribution >= 4 is 29.4 Å². The third-order valence-electron chi connectivity index (χ3n) is 3.76. The number of hydrogen-bond donors (Lipinski definition) is 2. The second-order valence-corrected chi connectivity index (χ2v) is 6.27. The predicted octanol–water partition coefficient (Wildman–Crippen LogP) is 0.704. The molecule has 0 unspecified atom stereocenters. The number of ether oxygens (including phenoxy) is 1. The Labute approximate surface area is 141 Å². The van der Waals surface area contributed by atoms with Gasteiger partial charge in [0.1, 0.15) is 0 Å². The minimum Gasteiger partial charge on any atom is -0.450 e. The second-order valence-electron chi connectivity index (χ2n) is 5.39. The summed E-state index contributed by atoms with van der Waals surface area (Å²) in [6.45, 7) is 5.39. The summed E-state index contributed by atoms with van der Waals surface area (Å²) >= 11 is 1.65. The number of amides is 2. The number of hydrogen-bond acceptors (Lipinski definition) is 4. The van der Waals surface area contributed by atoms with Crippen LogP contribution < -0.4 is 10.2 Å². The van der Waals surface area contributed by atoms with Crippen LogP contribution in [0.15, 0.2) is 29.2 Å². The number of quaternary nitrogens is 1. The number of nitrogens with zero attached hydrogens (tertiary/aromatic N) is 1. The van der Waals surface area contributed by atoms with Gasteiger partial charge in [-0.3, -0.25) is 9.69 Å². The number of carbonyl (C=O) groups excluding carboxylic acids is 2. The standard InChI is InChI=1S/C16H23N3O3S/c1-3-22-16(21)19-9-7-18(8-10-19)12-15(20)17-13-5-4-6-14(11-13)23-2/h4-6,11H,3,7-10,12H2,1-2H3,(H,17,20)/p+1. The van der Waals surface area contributed by atoms with Crippen molar-refractivity contribution in [2.24, 2.45) is 0 Å². The first-order chi connectivity index (χ1) is 11.1. The number of benzene rings is 1. The van der Waals surface area contributed by atoms with E-state index in [1.165, 1.54) is 4.90 Å². The molecule has 1 heterocycles. The molecule has 0 bridgehead atoms. The number of anilines is 1. The van der Waals surface area contributed by atoms with Crippen LogP contribution in [0.5, 0.6) is 0 Å². The van der Waals surface area contributed by atoms with E-state index < -0.39 is 0 Å². The van der Waals surface area contributed by atoms with E-state index in [1.54, 1.807) is 23.6 Å². The van der Waals surface area contributed by atoms with Gasteiger partial charge in [-0.15, -0.1) is 11.8 Å². The Balaban J connectivity index is 1.77. The molecule has 126 valence electrons. The highest BCUT2D eigenvalue weighted by Crippen LogP contribution is 2.18. The van der Waals surface area contributed by atoms with Crippen LogP contribution in [0.1, 0.15) is 6.92 Å². The summed E-state index contributed by atoms with van der Waals surface area (Å²) in [6.07, 6.45) is 1.75. The Hall–Kier alpha value is -1.73. The van der Waals surface area contributed by atoms with Gasteiger partial charge in [0, 0.05) is 10.6 Å². The molecule has 1 saturated heterocycles. The lowest BCUT2D eigenvalue weighted by molar-refractivity contribution is -0.895. The lowest BCUT2D eigenvalue weighted by atomic mass is 10.3. The average molecular weight is 338 g/mol. The normalized spacial score (nSPS) is 15.3. The SMILES string of the molecule is CCOC(=O)N1CC[NH+](CC(=O)Nc2cccc(SC)c2)CC1. The molecule has 2 rings (SSSR count). The van der Waals surface area contributed by atoms with Gasteiger partial charge in [-0.05, 0) is 31.4 Å². The van der Waals surface area contributed by atoms with Crippen molar-refractivity contribution in [3.05, 3.63) is 24.3 Å². The first-order valence-electron chi connectivity index (χ1n) is 7.81. The van der Waals surface area contributed by atoms with Crippen molar-refractivity contribution in [3.63, 3.8) is 0 Å². The zero-order valence-electron chi connectivity index (χ0n) is 13.6. The molecule has 2 N–H and O–H groups in total. The lowest BCUT2D eigenvalue weighted by Crippen LogP contribution is -3.15. The van der Waals surface area contributed by atoms with Gasteiger partial charge < -0.3 is 15.0 Å². The van der Waals surface area contributed by atoms with Crippen LogP contribution in [-0.2, 0) is 9.53 Å². The van der Waals surface area contributed by atoms with E-state index in [4.69, 9.17) is 4.74 Å². The molecular weight excluding hydrogens is 314 g/mol. The van der Waals surface area contributed by atoms with Gasteiger partial charge in [0.25, 0.3) is 5.91 Å². The van der Waals surface area contributed by atoms with E-state index in [9.17, 15) is 9.59 Å². The third kappa shape index (κ3) is 5.44. The summed E-state index contributed by atoms with van der Waals surface area (Å²) in [4.78, 5) is 27.8. The minimum atomic E-state index is -0.259. The average Bonchev–Trinajstić information content (AvgIpc) is 2.55. The van der Waals surface area contributed by atoms with Crippen molar-refractivity contribution in [3.8, 4) is 0 Å². The van der Waals surface area contributed by atoms with Gasteiger partial charge in [-0.25, -0.2) is 4.79 Å². The smallest absolute Gasteiger partial charge is 0.410 e. The molecule has 7 heteroatoms. The van der Waals surface area contributed by atoms with Gasteiger partial charge in [0.05, 0.1) is 32.8 Å². The van der Waals surface area contributed by atoms with Crippen LogP contribution in [0.4, 0.5) is 10.5 Å². The Kier molecular flexibility index (Phi) is 6.73. The van der Waals surface area contributed by atoms with Crippen LogP contribution >= 0.6 is 11.8 Å². The summed E-state index contributed by atoms with van der Waals surface area (Å²) in [7, 11) is 0. The molecule has 6 nitrogen and oxygen atoms in total. The molecule has 0 radical (unpaired) electrons. The van der Waals surface area contributed by atoms with Gasteiger partial charge >= 0.3 is 6.09 Å². The molecule has 1 aromatic rings. The fourth-order valence-electron chi connectivity index (χ4n) is 2.53. The predicted molar refractivity (Wildman–Crippen MR) is 91.0 cm³/mol. The molecular formula is C16H24N3O3S+. The van der Waals surface area contributed by atoms with Crippen molar-refractivity contribution in [1.29, 1.82) is 0 Å². The van der Waals surface area contributed by atoms with Gasteiger partial charge in [-0.1, -0.05) is 6.07 Å². The summed E-state index contributed by atoms with van der Waals surface area (Å²) in [6, 6.07) is 7.81. The van der Waals surface area contributed by atoms with E-state index in [0.717, 1.165) is 23.7 Å². The molecule has 2 amide bonds. The zero-order chi connectivity index (χ0) is 16.7. The van der Waals surface area contributed by atoms with E-state index in [-0.39, 0.29) is 12.0 Å². The van der Waals surface area contributed by atoms with Crippen LogP contribution in [0, 0.1) is 0 Å². The molecule has 1 fully saturated rings. The molecule has 1 aromatic carbocycles. The number of carbonyl (C=O) groups is 2. The van der Waals surface area contributed by atoms with Crippen molar-refractivity contribution in [2.45, 2.75) is 11.8 Å². The van der Waals surface area contributed by atoms with Crippen molar-refractivity contribution in [2.75, 3.05) is 50.9 Å². The maximum Gasteiger partial charge on any atom is 0.410 e. The van der Waals surface area contributed by atoms with Crippen LogP contribution in [0.2, 0.25) is 0 Å². The van der Waals surface area contributed by atoms with Crippen LogP contribution in [0.25, 0.3) is 0 Å². The molecule has 0 aliphatic carbocycles. The number of thioether (sulfide) groups is 1. The Morgan fingerprint density at radius 2 is 2.09 bits per heavy atom. The number of piperazine rings is 1. The Bertz CT molecular complexity index is 545. The van der Waals surface area contributed by atoms with Gasteiger partial charge in [0.2, 0.25) is 0 Å². The summed E-state index contributed by atoms with van der Waals surface area (Å²) in [5, 5.41) is 2.94.